The first kappa shape index (κ1) is 16.9. The summed E-state index contributed by atoms with van der Waals surface area (Å²) in [5.74, 6) is -0.0705. The van der Waals surface area contributed by atoms with Gasteiger partial charge < -0.3 is 14.1 Å². The van der Waals surface area contributed by atoms with Crippen LogP contribution < -0.4 is 0 Å². The van der Waals surface area contributed by atoms with E-state index in [0.717, 1.165) is 0 Å². The fourth-order valence-electron chi connectivity index (χ4n) is 3.22. The van der Waals surface area contributed by atoms with Gasteiger partial charge in [0.15, 0.2) is 0 Å². The second kappa shape index (κ2) is 6.97. The molecule has 0 aliphatic carbocycles. The molecular weight excluding hydrogens is 356 g/mol. The third-order valence-corrected chi connectivity index (χ3v) is 4.75. The van der Waals surface area contributed by atoms with Crippen LogP contribution in [0.25, 0.3) is 5.57 Å². The Morgan fingerprint density at radius 1 is 1.00 bits per heavy atom. The largest absolute Gasteiger partial charge is 0.467 e. The lowest BCUT2D eigenvalue weighted by Gasteiger charge is -2.29. The first-order valence-electron chi connectivity index (χ1n) is 8.36. The van der Waals surface area contributed by atoms with Crippen molar-refractivity contribution in [2.24, 2.45) is 0 Å². The lowest BCUT2D eigenvalue weighted by atomic mass is 10.0. The summed E-state index contributed by atoms with van der Waals surface area (Å²) >= 11 is 5.97. The summed E-state index contributed by atoms with van der Waals surface area (Å²) in [7, 11) is 0. The van der Waals surface area contributed by atoms with Crippen molar-refractivity contribution < 1.29 is 18.7 Å². The Balaban J connectivity index is 1.74. The van der Waals surface area contributed by atoms with Gasteiger partial charge in [-0.15, -0.1) is 0 Å². The van der Waals surface area contributed by atoms with E-state index in [2.05, 4.69) is 0 Å². The number of nitrogens with zero attached hydrogens (tertiary/aromatic N) is 2. The van der Waals surface area contributed by atoms with Crippen LogP contribution in [-0.4, -0.2) is 47.9 Å². The van der Waals surface area contributed by atoms with E-state index in [4.69, 9.17) is 20.8 Å². The van der Waals surface area contributed by atoms with Crippen LogP contribution in [0.1, 0.15) is 11.3 Å². The number of amides is 2. The highest BCUT2D eigenvalue weighted by Gasteiger charge is 2.42. The molecule has 1 aromatic heterocycles. The number of carbonyl (C=O) groups is 2. The predicted molar refractivity (Wildman–Crippen MR) is 95.0 cm³/mol. The van der Waals surface area contributed by atoms with Gasteiger partial charge in [0.25, 0.3) is 11.8 Å². The maximum absolute atomic E-state index is 13.1. The molecule has 6 nitrogen and oxygen atoms in total. The van der Waals surface area contributed by atoms with Gasteiger partial charge in [0, 0.05) is 18.1 Å². The van der Waals surface area contributed by atoms with Crippen molar-refractivity contribution in [2.75, 3.05) is 26.3 Å². The highest BCUT2D eigenvalue weighted by Crippen LogP contribution is 2.33. The minimum Gasteiger partial charge on any atom is -0.467 e. The summed E-state index contributed by atoms with van der Waals surface area (Å²) < 4.78 is 10.7. The second-order valence-corrected chi connectivity index (χ2v) is 6.54. The number of rotatable bonds is 4. The minimum atomic E-state index is -0.324. The van der Waals surface area contributed by atoms with Gasteiger partial charge in [0.05, 0.1) is 31.6 Å². The Morgan fingerprint density at radius 2 is 1.73 bits per heavy atom. The Kier molecular flexibility index (Phi) is 4.53. The van der Waals surface area contributed by atoms with Crippen molar-refractivity contribution in [1.29, 1.82) is 0 Å². The standard InChI is InChI=1S/C19H17ClN2O4/c20-14-5-3-13(4-6-14)16-17(21-7-10-25-11-8-21)19(24)22(18(16)23)12-15-2-1-9-26-15/h1-6,9H,7-8,10-12H2. The molecule has 0 spiro atoms. The van der Waals surface area contributed by atoms with Gasteiger partial charge in [-0.25, -0.2) is 0 Å². The maximum Gasteiger partial charge on any atom is 0.278 e. The lowest BCUT2D eigenvalue weighted by molar-refractivity contribution is -0.138. The van der Waals surface area contributed by atoms with Gasteiger partial charge in [0.2, 0.25) is 0 Å². The number of benzene rings is 1. The molecule has 0 radical (unpaired) electrons. The lowest BCUT2D eigenvalue weighted by Crippen LogP contribution is -2.40. The Bertz CT molecular complexity index is 852. The van der Waals surface area contributed by atoms with Gasteiger partial charge >= 0.3 is 0 Å². The Labute approximate surface area is 155 Å². The van der Waals surface area contributed by atoms with Gasteiger partial charge in [-0.05, 0) is 29.8 Å². The van der Waals surface area contributed by atoms with Crippen molar-refractivity contribution in [1.82, 2.24) is 9.80 Å². The van der Waals surface area contributed by atoms with E-state index in [9.17, 15) is 9.59 Å². The van der Waals surface area contributed by atoms with Crippen LogP contribution in [0.2, 0.25) is 5.02 Å². The summed E-state index contributed by atoms with van der Waals surface area (Å²) in [6.45, 7) is 2.30. The monoisotopic (exact) mass is 372 g/mol. The molecule has 1 aromatic carbocycles. The van der Waals surface area contributed by atoms with E-state index >= 15 is 0 Å². The third-order valence-electron chi connectivity index (χ3n) is 4.50. The molecule has 1 saturated heterocycles. The van der Waals surface area contributed by atoms with Crippen LogP contribution in [0.15, 0.2) is 52.8 Å². The van der Waals surface area contributed by atoms with Crippen molar-refractivity contribution in [2.45, 2.75) is 6.54 Å². The predicted octanol–water partition coefficient (Wildman–Crippen LogP) is 2.55. The molecule has 0 unspecified atom stereocenters. The van der Waals surface area contributed by atoms with Gasteiger partial charge in [-0.3, -0.25) is 14.5 Å². The van der Waals surface area contributed by atoms with Gasteiger partial charge in [-0.2, -0.15) is 0 Å². The molecular formula is C19H17ClN2O4. The topological polar surface area (TPSA) is 63.0 Å². The molecule has 0 atom stereocenters. The van der Waals surface area contributed by atoms with Crippen LogP contribution in [0.5, 0.6) is 0 Å². The molecule has 2 aromatic rings. The molecule has 4 rings (SSSR count). The summed E-state index contributed by atoms with van der Waals surface area (Å²) in [6.07, 6.45) is 1.52. The van der Waals surface area contributed by atoms with Crippen LogP contribution in [0.4, 0.5) is 0 Å². The quantitative estimate of drug-likeness (QED) is 0.772. The van der Waals surface area contributed by atoms with Crippen LogP contribution in [0, 0.1) is 0 Å². The fourth-order valence-corrected chi connectivity index (χ4v) is 3.35. The van der Waals surface area contributed by atoms with Crippen molar-refractivity contribution >= 4 is 29.0 Å². The molecule has 1 fully saturated rings. The first-order chi connectivity index (χ1) is 12.6. The number of hydrogen-bond acceptors (Lipinski definition) is 5. The Morgan fingerprint density at radius 3 is 2.38 bits per heavy atom. The number of carbonyl (C=O) groups excluding carboxylic acids is 2. The maximum atomic E-state index is 13.1. The number of furan rings is 1. The normalized spacial score (nSPS) is 18.2. The van der Waals surface area contributed by atoms with E-state index in [-0.39, 0.29) is 18.4 Å². The molecule has 2 aliphatic rings. The fraction of sp³-hybridized carbons (Fsp3) is 0.263. The number of halogens is 1. The molecule has 7 heteroatoms. The van der Waals surface area contributed by atoms with Crippen LogP contribution in [-0.2, 0) is 20.9 Å². The summed E-state index contributed by atoms with van der Waals surface area (Å²) in [4.78, 5) is 29.3. The number of hydrogen-bond donors (Lipinski definition) is 0. The van der Waals surface area contributed by atoms with Crippen molar-refractivity contribution in [3.8, 4) is 0 Å². The minimum absolute atomic E-state index is 0.107. The molecule has 134 valence electrons. The zero-order chi connectivity index (χ0) is 18.1. The van der Waals surface area contributed by atoms with E-state index in [1.807, 2.05) is 4.90 Å². The van der Waals surface area contributed by atoms with Crippen LogP contribution >= 0.6 is 11.6 Å². The van der Waals surface area contributed by atoms with Gasteiger partial charge in [-0.1, -0.05) is 23.7 Å². The number of morpholine rings is 1. The average Bonchev–Trinajstić information content (AvgIpc) is 3.25. The number of ether oxygens (including phenoxy) is 1. The van der Waals surface area contributed by atoms with Crippen molar-refractivity contribution in [3.63, 3.8) is 0 Å². The van der Waals surface area contributed by atoms with E-state index < -0.39 is 0 Å². The molecule has 0 saturated carbocycles. The van der Waals surface area contributed by atoms with Crippen molar-refractivity contribution in [3.05, 3.63) is 64.7 Å². The summed E-state index contributed by atoms with van der Waals surface area (Å²) in [6, 6.07) is 10.4. The highest BCUT2D eigenvalue weighted by molar-refractivity contribution is 6.35. The average molecular weight is 373 g/mol. The molecule has 2 aliphatic heterocycles. The smallest absolute Gasteiger partial charge is 0.278 e. The second-order valence-electron chi connectivity index (χ2n) is 6.11. The first-order valence-corrected chi connectivity index (χ1v) is 8.74. The molecule has 2 amide bonds. The molecule has 0 N–H and O–H groups in total. The van der Waals surface area contributed by atoms with E-state index in [0.29, 0.717) is 53.9 Å². The van der Waals surface area contributed by atoms with Gasteiger partial charge in [0.1, 0.15) is 11.5 Å². The zero-order valence-electron chi connectivity index (χ0n) is 14.0. The van der Waals surface area contributed by atoms with E-state index in [1.165, 1.54) is 11.2 Å². The van der Waals surface area contributed by atoms with E-state index in [1.54, 1.807) is 36.4 Å². The highest BCUT2D eigenvalue weighted by atomic mass is 35.5. The zero-order valence-corrected chi connectivity index (χ0v) is 14.7. The third kappa shape index (κ3) is 3.02. The van der Waals surface area contributed by atoms with Crippen LogP contribution in [0.3, 0.4) is 0 Å². The SMILES string of the molecule is O=C1C(c2ccc(Cl)cc2)=C(N2CCOCC2)C(=O)N1Cc1ccco1. The Hall–Kier alpha value is -2.57. The molecule has 3 heterocycles. The number of imide groups is 1. The summed E-state index contributed by atoms with van der Waals surface area (Å²) in [5, 5.41) is 0.575. The molecule has 26 heavy (non-hydrogen) atoms. The molecule has 0 bridgehead atoms. The summed E-state index contributed by atoms with van der Waals surface area (Å²) in [5.41, 5.74) is 1.50.